The molecule has 0 unspecified atom stereocenters. The predicted octanol–water partition coefficient (Wildman–Crippen LogP) is 0.474. The third-order valence-electron chi connectivity index (χ3n) is 3.22. The van der Waals surface area contributed by atoms with Gasteiger partial charge in [0.15, 0.2) is 12.0 Å². The summed E-state index contributed by atoms with van der Waals surface area (Å²) in [6, 6.07) is 3.58. The fraction of sp³-hybridized carbons (Fsp3) is 0.286. The van der Waals surface area contributed by atoms with Crippen LogP contribution in [0.25, 0.3) is 0 Å². The molecule has 10 heteroatoms. The van der Waals surface area contributed by atoms with Gasteiger partial charge in [0.2, 0.25) is 0 Å². The number of halogens is 2. The van der Waals surface area contributed by atoms with Gasteiger partial charge in [-0.3, -0.25) is 14.2 Å². The molecular formula is C14H14F2N4O4. The summed E-state index contributed by atoms with van der Waals surface area (Å²) >= 11 is 0. The number of aromatic nitrogens is 3. The Morgan fingerprint density at radius 3 is 2.83 bits per heavy atom. The van der Waals surface area contributed by atoms with E-state index >= 15 is 0 Å². The van der Waals surface area contributed by atoms with E-state index in [0.29, 0.717) is 0 Å². The summed E-state index contributed by atoms with van der Waals surface area (Å²) in [6.07, 6.45) is 2.13. The van der Waals surface area contributed by atoms with Gasteiger partial charge < -0.3 is 15.6 Å². The number of carboxylic acid groups (broad SMARTS) is 1. The van der Waals surface area contributed by atoms with Gasteiger partial charge >= 0.3 is 11.9 Å². The second-order valence-corrected chi connectivity index (χ2v) is 5.00. The zero-order chi connectivity index (χ0) is 17.9. The minimum atomic E-state index is -3.56. The number of nitrogens with one attached hydrogen (secondary N) is 1. The lowest BCUT2D eigenvalue weighted by atomic mass is 10.2. The largest absolute Gasteiger partial charge is 0.618 e. The van der Waals surface area contributed by atoms with Crippen molar-refractivity contribution in [1.82, 2.24) is 9.55 Å². The molecule has 0 saturated heterocycles. The van der Waals surface area contributed by atoms with Gasteiger partial charge in [0.05, 0.1) is 6.54 Å². The Kier molecular flexibility index (Phi) is 4.77. The Morgan fingerprint density at radius 2 is 2.21 bits per heavy atom. The topological polar surface area (TPSA) is 111 Å². The smallest absolute Gasteiger partial charge is 0.347 e. The van der Waals surface area contributed by atoms with Crippen molar-refractivity contribution >= 4 is 11.8 Å². The van der Waals surface area contributed by atoms with E-state index in [1.54, 1.807) is 0 Å². The first kappa shape index (κ1) is 17.3. The summed E-state index contributed by atoms with van der Waals surface area (Å²) < 4.78 is 29.1. The average Bonchev–Trinajstić information content (AvgIpc) is 2.50. The highest BCUT2D eigenvalue weighted by molar-refractivity contribution is 5.66. The summed E-state index contributed by atoms with van der Waals surface area (Å²) in [6.45, 7) is -0.185. The number of aliphatic carboxylic acids is 1. The highest BCUT2D eigenvalue weighted by Gasteiger charge is 2.39. The summed E-state index contributed by atoms with van der Waals surface area (Å²) in [5.74, 6) is -5.23. The van der Waals surface area contributed by atoms with Crippen molar-refractivity contribution < 1.29 is 23.4 Å². The van der Waals surface area contributed by atoms with Gasteiger partial charge in [0.1, 0.15) is 6.54 Å². The van der Waals surface area contributed by atoms with E-state index in [1.165, 1.54) is 25.3 Å². The number of anilines is 1. The van der Waals surface area contributed by atoms with Crippen LogP contribution in [0.5, 0.6) is 0 Å². The number of carboxylic acids is 1. The molecule has 0 amide bonds. The lowest BCUT2D eigenvalue weighted by molar-refractivity contribution is -0.624. The van der Waals surface area contributed by atoms with Crippen molar-refractivity contribution in [2.24, 2.45) is 0 Å². The number of rotatable bonds is 6. The molecule has 128 valence electrons. The monoisotopic (exact) mass is 340 g/mol. The first-order valence-electron chi connectivity index (χ1n) is 6.81. The number of hydrogen-bond donors (Lipinski definition) is 2. The van der Waals surface area contributed by atoms with Gasteiger partial charge in [-0.05, 0) is 13.0 Å². The molecule has 2 aromatic rings. The van der Waals surface area contributed by atoms with Crippen LogP contribution in [0, 0.1) is 12.1 Å². The molecule has 0 atom stereocenters. The molecule has 0 aliphatic heterocycles. The summed E-state index contributed by atoms with van der Waals surface area (Å²) in [7, 11) is 0. The van der Waals surface area contributed by atoms with Gasteiger partial charge in [0, 0.05) is 24.0 Å². The standard InChI is InChI=1S/C14H14F2N4O4/c1-9-6-17-12(13(23)19(9)7-11(21)22)18-8-14(15,16)10-4-2-3-5-20(10)24/h2-6H,7-8H2,1H3,(H,17,18)(H,21,22). The second-order valence-electron chi connectivity index (χ2n) is 5.00. The minimum absolute atomic E-state index is 0.0347. The fourth-order valence-corrected chi connectivity index (χ4v) is 2.02. The summed E-state index contributed by atoms with van der Waals surface area (Å²) in [5, 5.41) is 22.4. The van der Waals surface area contributed by atoms with Gasteiger partial charge in [0.25, 0.3) is 11.3 Å². The molecule has 2 aromatic heterocycles. The molecule has 0 aliphatic carbocycles. The van der Waals surface area contributed by atoms with Crippen LogP contribution in [0.3, 0.4) is 0 Å². The van der Waals surface area contributed by atoms with E-state index < -0.39 is 42.1 Å². The molecule has 0 bridgehead atoms. The quantitative estimate of drug-likeness (QED) is 0.584. The Labute approximate surface area is 134 Å². The summed E-state index contributed by atoms with van der Waals surface area (Å²) in [5.41, 5.74) is -1.34. The minimum Gasteiger partial charge on any atom is -0.618 e. The Bertz CT molecular complexity index is 823. The lowest BCUT2D eigenvalue weighted by Gasteiger charge is -2.17. The van der Waals surface area contributed by atoms with E-state index in [0.717, 1.165) is 16.8 Å². The summed E-state index contributed by atoms with van der Waals surface area (Å²) in [4.78, 5) is 26.6. The van der Waals surface area contributed by atoms with Crippen LogP contribution >= 0.6 is 0 Å². The zero-order valence-corrected chi connectivity index (χ0v) is 12.6. The van der Waals surface area contributed by atoms with Crippen molar-refractivity contribution in [3.05, 3.63) is 57.5 Å². The van der Waals surface area contributed by atoms with Gasteiger partial charge in [-0.15, -0.1) is 0 Å². The third-order valence-corrected chi connectivity index (χ3v) is 3.22. The van der Waals surface area contributed by atoms with Crippen molar-refractivity contribution in [2.45, 2.75) is 19.4 Å². The van der Waals surface area contributed by atoms with E-state index in [9.17, 15) is 23.6 Å². The Morgan fingerprint density at radius 1 is 1.50 bits per heavy atom. The molecule has 0 fully saturated rings. The highest BCUT2D eigenvalue weighted by atomic mass is 19.3. The first-order chi connectivity index (χ1) is 11.2. The molecule has 0 aromatic carbocycles. The molecule has 8 nitrogen and oxygen atoms in total. The zero-order valence-electron chi connectivity index (χ0n) is 12.6. The average molecular weight is 340 g/mol. The van der Waals surface area contributed by atoms with Gasteiger partial charge in [-0.1, -0.05) is 0 Å². The van der Waals surface area contributed by atoms with Crippen LogP contribution in [0.15, 0.2) is 35.4 Å². The number of alkyl halides is 2. The SMILES string of the molecule is Cc1cnc(NCC(F)(F)c2cccc[n+]2[O-])c(=O)n1CC(=O)O. The van der Waals surface area contributed by atoms with Crippen LogP contribution in [-0.4, -0.2) is 27.2 Å². The molecular weight excluding hydrogens is 326 g/mol. The van der Waals surface area contributed by atoms with Crippen molar-refractivity contribution in [3.8, 4) is 0 Å². The van der Waals surface area contributed by atoms with E-state index in [-0.39, 0.29) is 10.4 Å². The Balaban J connectivity index is 2.25. The molecule has 24 heavy (non-hydrogen) atoms. The van der Waals surface area contributed by atoms with Crippen LogP contribution < -0.4 is 15.6 Å². The number of nitrogens with zero attached hydrogens (tertiary/aromatic N) is 3. The predicted molar refractivity (Wildman–Crippen MR) is 78.7 cm³/mol. The van der Waals surface area contributed by atoms with Crippen LogP contribution in [0.1, 0.15) is 11.4 Å². The van der Waals surface area contributed by atoms with Gasteiger partial charge in [-0.2, -0.15) is 13.5 Å². The maximum absolute atomic E-state index is 14.1. The maximum atomic E-state index is 14.1. The van der Waals surface area contributed by atoms with Crippen molar-refractivity contribution in [1.29, 1.82) is 0 Å². The third kappa shape index (κ3) is 3.65. The lowest BCUT2D eigenvalue weighted by Crippen LogP contribution is -2.41. The van der Waals surface area contributed by atoms with Crippen LogP contribution in [0.4, 0.5) is 14.6 Å². The van der Waals surface area contributed by atoms with E-state index in [4.69, 9.17) is 5.11 Å². The van der Waals surface area contributed by atoms with Crippen molar-refractivity contribution in [3.63, 3.8) is 0 Å². The second kappa shape index (κ2) is 6.60. The van der Waals surface area contributed by atoms with Crippen LogP contribution in [0.2, 0.25) is 0 Å². The van der Waals surface area contributed by atoms with E-state index in [2.05, 4.69) is 10.3 Å². The van der Waals surface area contributed by atoms with Gasteiger partial charge in [-0.25, -0.2) is 4.98 Å². The first-order valence-corrected chi connectivity index (χ1v) is 6.81. The number of pyridine rings is 1. The van der Waals surface area contributed by atoms with E-state index in [1.807, 2.05) is 0 Å². The molecule has 2 rings (SSSR count). The molecule has 0 aliphatic rings. The maximum Gasteiger partial charge on any atom is 0.347 e. The number of aryl methyl sites for hydroxylation is 1. The number of carbonyl (C=O) groups is 1. The highest BCUT2D eigenvalue weighted by Crippen LogP contribution is 2.24. The molecule has 0 spiro atoms. The molecule has 2 N–H and O–H groups in total. The van der Waals surface area contributed by atoms with Crippen LogP contribution in [-0.2, 0) is 17.3 Å². The Hall–Kier alpha value is -3.04. The number of hydrogen-bond acceptors (Lipinski definition) is 5. The normalized spacial score (nSPS) is 11.3. The van der Waals surface area contributed by atoms with Crippen molar-refractivity contribution in [2.75, 3.05) is 11.9 Å². The fourth-order valence-electron chi connectivity index (χ4n) is 2.02. The molecule has 2 heterocycles. The molecule has 0 saturated carbocycles. The molecule has 0 radical (unpaired) electrons.